The third-order valence-electron chi connectivity index (χ3n) is 5.39. The van der Waals surface area contributed by atoms with Crippen molar-refractivity contribution in [2.45, 2.75) is 6.92 Å². The summed E-state index contributed by atoms with van der Waals surface area (Å²) in [7, 11) is 5.23. The first-order valence-electron chi connectivity index (χ1n) is 9.48. The molecule has 5 rings (SSSR count). The minimum absolute atomic E-state index is 0.135. The van der Waals surface area contributed by atoms with Crippen LogP contribution in [-0.2, 0) is 14.1 Å². The summed E-state index contributed by atoms with van der Waals surface area (Å²) in [6.45, 7) is 1.90. The van der Waals surface area contributed by atoms with Gasteiger partial charge in [0.25, 0.3) is 0 Å². The van der Waals surface area contributed by atoms with Gasteiger partial charge in [-0.2, -0.15) is 5.10 Å². The van der Waals surface area contributed by atoms with Gasteiger partial charge in [-0.25, -0.2) is 4.79 Å². The van der Waals surface area contributed by atoms with Crippen molar-refractivity contribution in [2.75, 3.05) is 7.11 Å². The summed E-state index contributed by atoms with van der Waals surface area (Å²) in [6.07, 6.45) is 7.07. The largest absolute Gasteiger partial charge is 0.495 e. The topological polar surface area (TPSA) is 79.8 Å². The molecule has 0 N–H and O–H groups in total. The summed E-state index contributed by atoms with van der Waals surface area (Å²) in [5.41, 5.74) is 5.67. The minimum Gasteiger partial charge on any atom is -0.495 e. The van der Waals surface area contributed by atoms with Gasteiger partial charge in [-0.1, -0.05) is 6.07 Å². The number of methoxy groups -OCH3 is 1. The molecule has 0 saturated carbocycles. The monoisotopic (exact) mass is 400 g/mol. The molecule has 0 bridgehead atoms. The lowest BCUT2D eigenvalue weighted by Crippen LogP contribution is -2.21. The van der Waals surface area contributed by atoms with Crippen molar-refractivity contribution in [3.05, 3.63) is 65.2 Å². The molecule has 1 aromatic carbocycles. The fraction of sp³-hybridized carbons (Fsp3) is 0.182. The number of hydrogen-bond donors (Lipinski definition) is 0. The van der Waals surface area contributed by atoms with Crippen molar-refractivity contribution >= 4 is 21.9 Å². The van der Waals surface area contributed by atoms with Crippen molar-refractivity contribution < 1.29 is 4.74 Å². The third-order valence-corrected chi connectivity index (χ3v) is 5.39. The average Bonchev–Trinajstić information content (AvgIpc) is 3.22. The molecule has 4 heterocycles. The highest BCUT2D eigenvalue weighted by molar-refractivity contribution is 6.04. The lowest BCUT2D eigenvalue weighted by atomic mass is 10.0. The molecule has 5 aromatic rings. The second-order valence-corrected chi connectivity index (χ2v) is 7.29. The van der Waals surface area contributed by atoms with Crippen LogP contribution >= 0.6 is 0 Å². The van der Waals surface area contributed by atoms with Gasteiger partial charge in [-0.3, -0.25) is 23.8 Å². The second kappa shape index (κ2) is 6.55. The summed E-state index contributed by atoms with van der Waals surface area (Å²) < 4.78 is 10.4. The van der Waals surface area contributed by atoms with Crippen LogP contribution in [0.5, 0.6) is 5.75 Å². The molecule has 0 amide bonds. The number of benzene rings is 1. The van der Waals surface area contributed by atoms with Crippen LogP contribution in [0.4, 0.5) is 0 Å². The van der Waals surface area contributed by atoms with Crippen molar-refractivity contribution in [1.29, 1.82) is 0 Å². The number of aromatic nitrogens is 6. The lowest BCUT2D eigenvalue weighted by Gasteiger charge is -2.08. The Morgan fingerprint density at radius 3 is 2.60 bits per heavy atom. The fourth-order valence-electron chi connectivity index (χ4n) is 3.90. The van der Waals surface area contributed by atoms with E-state index in [1.165, 1.54) is 0 Å². The van der Waals surface area contributed by atoms with E-state index in [1.807, 2.05) is 44.4 Å². The number of aryl methyl sites for hydroxylation is 3. The number of ether oxygens (including phenoxy) is 1. The first kappa shape index (κ1) is 18.1. The van der Waals surface area contributed by atoms with Gasteiger partial charge in [0.05, 0.1) is 47.4 Å². The van der Waals surface area contributed by atoms with Gasteiger partial charge in [-0.05, 0) is 30.7 Å². The molecule has 150 valence electrons. The van der Waals surface area contributed by atoms with Crippen LogP contribution in [0.3, 0.4) is 0 Å². The van der Waals surface area contributed by atoms with Gasteiger partial charge in [0, 0.05) is 37.4 Å². The van der Waals surface area contributed by atoms with E-state index in [4.69, 9.17) is 4.74 Å². The normalized spacial score (nSPS) is 11.5. The number of rotatable bonds is 3. The maximum Gasteiger partial charge on any atom is 0.333 e. The predicted octanol–water partition coefficient (Wildman–Crippen LogP) is 2.99. The molecule has 0 saturated heterocycles. The smallest absolute Gasteiger partial charge is 0.333 e. The van der Waals surface area contributed by atoms with Crippen LogP contribution in [-0.4, -0.2) is 36.0 Å². The van der Waals surface area contributed by atoms with E-state index in [0.29, 0.717) is 5.75 Å². The van der Waals surface area contributed by atoms with Gasteiger partial charge in [0.15, 0.2) is 0 Å². The molecule has 30 heavy (non-hydrogen) atoms. The number of nitrogens with zero attached hydrogens (tertiary/aromatic N) is 6. The van der Waals surface area contributed by atoms with Crippen molar-refractivity contribution in [3.63, 3.8) is 0 Å². The summed E-state index contributed by atoms with van der Waals surface area (Å²) >= 11 is 0. The van der Waals surface area contributed by atoms with Gasteiger partial charge in [-0.15, -0.1) is 0 Å². The van der Waals surface area contributed by atoms with Gasteiger partial charge >= 0.3 is 5.69 Å². The summed E-state index contributed by atoms with van der Waals surface area (Å²) in [4.78, 5) is 22.0. The van der Waals surface area contributed by atoms with Crippen molar-refractivity contribution in [2.24, 2.45) is 14.1 Å². The summed E-state index contributed by atoms with van der Waals surface area (Å²) in [6, 6.07) is 7.94. The Morgan fingerprint density at radius 1 is 1.03 bits per heavy atom. The zero-order valence-electron chi connectivity index (χ0n) is 17.1. The molecule has 0 spiro atoms. The number of imidazole rings is 1. The molecule has 8 nitrogen and oxygen atoms in total. The third kappa shape index (κ3) is 2.61. The maximum atomic E-state index is 13.2. The first-order chi connectivity index (χ1) is 14.5. The summed E-state index contributed by atoms with van der Waals surface area (Å²) in [5.74, 6) is 0.687. The summed E-state index contributed by atoms with van der Waals surface area (Å²) in [5, 5.41) is 5.30. The molecular formula is C22H20N6O2. The second-order valence-electron chi connectivity index (χ2n) is 7.29. The zero-order valence-corrected chi connectivity index (χ0v) is 17.1. The molecule has 0 unspecified atom stereocenters. The zero-order chi connectivity index (χ0) is 21.0. The van der Waals surface area contributed by atoms with E-state index in [1.54, 1.807) is 46.6 Å². The van der Waals surface area contributed by atoms with E-state index in [-0.39, 0.29) is 5.69 Å². The van der Waals surface area contributed by atoms with Crippen LogP contribution in [0, 0.1) is 6.92 Å². The highest BCUT2D eigenvalue weighted by atomic mass is 16.5. The molecule has 0 aliphatic heterocycles. The molecular weight excluding hydrogens is 380 g/mol. The predicted molar refractivity (Wildman–Crippen MR) is 115 cm³/mol. The quantitative estimate of drug-likeness (QED) is 0.465. The maximum absolute atomic E-state index is 13.2. The Labute approximate surface area is 172 Å². The number of pyridine rings is 2. The molecule has 0 atom stereocenters. The van der Waals surface area contributed by atoms with E-state index in [9.17, 15) is 4.79 Å². The Bertz CT molecular complexity index is 1490. The van der Waals surface area contributed by atoms with Gasteiger partial charge in [0.2, 0.25) is 0 Å². The van der Waals surface area contributed by atoms with Gasteiger partial charge in [0.1, 0.15) is 5.75 Å². The SMILES string of the molecule is COc1cncc(-c2ccc3ncc4c(c3c2)n(-c2cn(C)nc2C)c(=O)n4C)c1. The number of hydrogen-bond acceptors (Lipinski definition) is 5. The van der Waals surface area contributed by atoms with Crippen LogP contribution in [0.15, 0.2) is 53.8 Å². The van der Waals surface area contributed by atoms with E-state index in [0.717, 1.165) is 44.4 Å². The van der Waals surface area contributed by atoms with E-state index >= 15 is 0 Å². The average molecular weight is 400 g/mol. The van der Waals surface area contributed by atoms with Crippen molar-refractivity contribution in [1.82, 2.24) is 28.9 Å². The first-order valence-corrected chi connectivity index (χ1v) is 9.48. The highest BCUT2D eigenvalue weighted by Gasteiger charge is 2.19. The Morgan fingerprint density at radius 2 is 1.87 bits per heavy atom. The molecule has 0 fully saturated rings. The molecule has 0 aliphatic carbocycles. The molecule has 0 radical (unpaired) electrons. The van der Waals surface area contributed by atoms with Crippen LogP contribution in [0.1, 0.15) is 5.69 Å². The standard InChI is InChI=1S/C22H20N6O2/c1-13-20(12-26(2)25-13)28-21-17-8-14(15-7-16(30-4)10-23-9-15)5-6-18(17)24-11-19(21)27(3)22(28)29/h5-12H,1-4H3. The molecule has 0 aliphatic rings. The Kier molecular flexibility index (Phi) is 3.95. The Balaban J connectivity index is 1.87. The fourth-order valence-corrected chi connectivity index (χ4v) is 3.90. The molecule has 8 heteroatoms. The van der Waals surface area contributed by atoms with Gasteiger partial charge < -0.3 is 4.74 Å². The Hall–Kier alpha value is -3.94. The lowest BCUT2D eigenvalue weighted by molar-refractivity contribution is 0.413. The van der Waals surface area contributed by atoms with E-state index in [2.05, 4.69) is 15.1 Å². The number of fused-ring (bicyclic) bond motifs is 3. The highest BCUT2D eigenvalue weighted by Crippen LogP contribution is 2.30. The van der Waals surface area contributed by atoms with E-state index < -0.39 is 0 Å². The minimum atomic E-state index is -0.135. The van der Waals surface area contributed by atoms with Crippen LogP contribution < -0.4 is 10.4 Å². The molecule has 4 aromatic heterocycles. The van der Waals surface area contributed by atoms with Crippen molar-refractivity contribution in [3.8, 4) is 22.6 Å². The van der Waals surface area contributed by atoms with Crippen LogP contribution in [0.25, 0.3) is 38.8 Å². The van der Waals surface area contributed by atoms with Crippen LogP contribution in [0.2, 0.25) is 0 Å².